The number of carbonyl (C=O) groups excluding carboxylic acids is 1. The van der Waals surface area contributed by atoms with E-state index in [9.17, 15) is 10.1 Å². The van der Waals surface area contributed by atoms with Gasteiger partial charge in [-0.25, -0.2) is 4.79 Å². The zero-order valence-corrected chi connectivity index (χ0v) is 16.7. The SMILES string of the molecule is CCOC(=O)c1[nH]c2cc(Cl)cc(Cl)c2c1/C=C(\C#N)c1ccc(OC)cc1. The number of methoxy groups -OCH3 is 1. The normalized spacial score (nSPS) is 11.3. The largest absolute Gasteiger partial charge is 0.497 e. The molecule has 0 atom stereocenters. The molecule has 1 heterocycles. The second-order valence-electron chi connectivity index (χ2n) is 5.84. The minimum absolute atomic E-state index is 0.210. The van der Waals surface area contributed by atoms with Gasteiger partial charge in [0.25, 0.3) is 0 Å². The summed E-state index contributed by atoms with van der Waals surface area (Å²) in [5, 5.41) is 11.1. The third-order valence-corrected chi connectivity index (χ3v) is 4.66. The first-order valence-electron chi connectivity index (χ1n) is 8.42. The molecule has 0 fully saturated rings. The Morgan fingerprint density at radius 3 is 2.57 bits per heavy atom. The van der Waals surface area contributed by atoms with Gasteiger partial charge in [-0.2, -0.15) is 5.26 Å². The highest BCUT2D eigenvalue weighted by Gasteiger charge is 2.21. The molecule has 0 amide bonds. The van der Waals surface area contributed by atoms with Gasteiger partial charge in [-0.1, -0.05) is 23.2 Å². The number of nitrogens with one attached hydrogen (secondary N) is 1. The molecular weight excluding hydrogens is 399 g/mol. The van der Waals surface area contributed by atoms with Crippen molar-refractivity contribution in [2.45, 2.75) is 6.92 Å². The molecule has 0 aliphatic rings. The van der Waals surface area contributed by atoms with Crippen LogP contribution in [-0.2, 0) is 4.74 Å². The van der Waals surface area contributed by atoms with Crippen molar-refractivity contribution in [1.82, 2.24) is 4.98 Å². The van der Waals surface area contributed by atoms with E-state index in [2.05, 4.69) is 11.1 Å². The van der Waals surface area contributed by atoms with Crippen molar-refractivity contribution in [2.75, 3.05) is 13.7 Å². The van der Waals surface area contributed by atoms with Gasteiger partial charge in [0.1, 0.15) is 11.4 Å². The number of allylic oxidation sites excluding steroid dienone is 1. The van der Waals surface area contributed by atoms with Crippen molar-refractivity contribution in [3.05, 3.63) is 63.3 Å². The van der Waals surface area contributed by atoms with Gasteiger partial charge in [-0.15, -0.1) is 0 Å². The Labute approximate surface area is 172 Å². The number of hydrogen-bond acceptors (Lipinski definition) is 4. The molecule has 28 heavy (non-hydrogen) atoms. The Kier molecular flexibility index (Phi) is 5.93. The average molecular weight is 415 g/mol. The minimum Gasteiger partial charge on any atom is -0.497 e. The number of H-pyrrole nitrogens is 1. The van der Waals surface area contributed by atoms with E-state index in [4.69, 9.17) is 32.7 Å². The number of ether oxygens (including phenoxy) is 2. The van der Waals surface area contributed by atoms with Crippen LogP contribution in [0, 0.1) is 11.3 Å². The lowest BCUT2D eigenvalue weighted by molar-refractivity contribution is 0.0520. The monoisotopic (exact) mass is 414 g/mol. The summed E-state index contributed by atoms with van der Waals surface area (Å²) in [5.74, 6) is 0.141. The predicted molar refractivity (Wildman–Crippen MR) is 111 cm³/mol. The third-order valence-electron chi connectivity index (χ3n) is 4.14. The van der Waals surface area contributed by atoms with Crippen LogP contribution < -0.4 is 4.74 Å². The molecule has 1 N–H and O–H groups in total. The number of carbonyl (C=O) groups is 1. The van der Waals surface area contributed by atoms with Crippen molar-refractivity contribution in [3.63, 3.8) is 0 Å². The van der Waals surface area contributed by atoms with Gasteiger partial charge in [-0.05, 0) is 55.0 Å². The van der Waals surface area contributed by atoms with Crippen LogP contribution in [0.25, 0.3) is 22.6 Å². The lowest BCUT2D eigenvalue weighted by Crippen LogP contribution is -2.06. The predicted octanol–water partition coefficient (Wildman–Crippen LogP) is 5.72. The minimum atomic E-state index is -0.538. The number of halogens is 2. The summed E-state index contributed by atoms with van der Waals surface area (Å²) >= 11 is 12.5. The molecular formula is C21H16Cl2N2O3. The number of aromatic amines is 1. The highest BCUT2D eigenvalue weighted by molar-refractivity contribution is 6.39. The van der Waals surface area contributed by atoms with Gasteiger partial charge in [0, 0.05) is 21.5 Å². The van der Waals surface area contributed by atoms with Crippen molar-refractivity contribution >= 4 is 51.7 Å². The fourth-order valence-corrected chi connectivity index (χ4v) is 3.47. The molecule has 5 nitrogen and oxygen atoms in total. The first-order valence-corrected chi connectivity index (χ1v) is 9.18. The number of nitriles is 1. The average Bonchev–Trinajstić information content (AvgIpc) is 3.04. The first kappa shape index (κ1) is 19.8. The van der Waals surface area contributed by atoms with E-state index in [0.717, 1.165) is 0 Å². The van der Waals surface area contributed by atoms with Gasteiger partial charge >= 0.3 is 5.97 Å². The van der Waals surface area contributed by atoms with E-state index in [1.807, 2.05) is 0 Å². The van der Waals surface area contributed by atoms with Crippen LogP contribution in [0.2, 0.25) is 10.0 Å². The number of benzene rings is 2. The zero-order valence-electron chi connectivity index (χ0n) is 15.2. The molecule has 7 heteroatoms. The number of nitrogens with zero attached hydrogens (tertiary/aromatic N) is 1. The fourth-order valence-electron chi connectivity index (χ4n) is 2.88. The molecule has 0 saturated heterocycles. The van der Waals surface area contributed by atoms with E-state index < -0.39 is 5.97 Å². The summed E-state index contributed by atoms with van der Waals surface area (Å²) < 4.78 is 10.3. The molecule has 1 aromatic heterocycles. The van der Waals surface area contributed by atoms with Crippen LogP contribution in [0.1, 0.15) is 28.5 Å². The lowest BCUT2D eigenvalue weighted by atomic mass is 10.0. The molecule has 0 saturated carbocycles. The van der Waals surface area contributed by atoms with Crippen LogP contribution in [0.5, 0.6) is 5.75 Å². The lowest BCUT2D eigenvalue weighted by Gasteiger charge is -2.05. The van der Waals surface area contributed by atoms with Crippen LogP contribution in [0.4, 0.5) is 0 Å². The smallest absolute Gasteiger partial charge is 0.355 e. The van der Waals surface area contributed by atoms with Crippen LogP contribution >= 0.6 is 23.2 Å². The number of hydrogen-bond donors (Lipinski definition) is 1. The molecule has 0 aliphatic heterocycles. The van der Waals surface area contributed by atoms with Crippen molar-refractivity contribution < 1.29 is 14.3 Å². The summed E-state index contributed by atoms with van der Waals surface area (Å²) in [4.78, 5) is 15.5. The summed E-state index contributed by atoms with van der Waals surface area (Å²) in [5.41, 5.74) is 2.31. The molecule has 0 radical (unpaired) electrons. The van der Waals surface area contributed by atoms with Crippen molar-refractivity contribution in [1.29, 1.82) is 5.26 Å². The molecule has 142 valence electrons. The molecule has 3 aromatic rings. The highest BCUT2D eigenvalue weighted by atomic mass is 35.5. The second kappa shape index (κ2) is 8.39. The Morgan fingerprint density at radius 2 is 1.96 bits per heavy atom. The standard InChI is InChI=1S/C21H16Cl2N2O3/c1-3-28-21(26)20-16(19-17(23)9-14(22)10-18(19)25-20)8-13(11-24)12-4-6-15(27-2)7-5-12/h4-10,25H,3H2,1-2H3/b13-8+. The molecule has 0 spiro atoms. The van der Waals surface area contributed by atoms with E-state index >= 15 is 0 Å². The van der Waals surface area contributed by atoms with E-state index in [1.165, 1.54) is 0 Å². The zero-order chi connectivity index (χ0) is 20.3. The number of fused-ring (bicyclic) bond motifs is 1. The van der Waals surface area contributed by atoms with Crippen molar-refractivity contribution in [2.24, 2.45) is 0 Å². The van der Waals surface area contributed by atoms with Crippen molar-refractivity contribution in [3.8, 4) is 11.8 Å². The Bertz CT molecular complexity index is 1110. The first-order chi connectivity index (χ1) is 13.5. The van der Waals surface area contributed by atoms with Gasteiger partial charge in [0.2, 0.25) is 0 Å². The van der Waals surface area contributed by atoms with Crippen LogP contribution in [-0.4, -0.2) is 24.7 Å². The molecule has 0 unspecified atom stereocenters. The number of aromatic nitrogens is 1. The van der Waals surface area contributed by atoms with E-state index in [0.29, 0.717) is 43.4 Å². The van der Waals surface area contributed by atoms with Crippen LogP contribution in [0.3, 0.4) is 0 Å². The maximum Gasteiger partial charge on any atom is 0.355 e. The van der Waals surface area contributed by atoms with Crippen LogP contribution in [0.15, 0.2) is 36.4 Å². The molecule has 3 rings (SSSR count). The summed E-state index contributed by atoms with van der Waals surface area (Å²) in [6, 6.07) is 12.5. The summed E-state index contributed by atoms with van der Waals surface area (Å²) in [7, 11) is 1.57. The van der Waals surface area contributed by atoms with Gasteiger partial charge in [0.15, 0.2) is 0 Å². The quantitative estimate of drug-likeness (QED) is 0.427. The molecule has 2 aromatic carbocycles. The second-order valence-corrected chi connectivity index (χ2v) is 6.69. The summed E-state index contributed by atoms with van der Waals surface area (Å²) in [6.45, 7) is 1.94. The molecule has 0 aliphatic carbocycles. The van der Waals surface area contributed by atoms with Gasteiger partial charge in [0.05, 0.1) is 30.4 Å². The Morgan fingerprint density at radius 1 is 1.25 bits per heavy atom. The maximum absolute atomic E-state index is 12.5. The number of rotatable bonds is 5. The van der Waals surface area contributed by atoms with Gasteiger partial charge in [-0.3, -0.25) is 0 Å². The fraction of sp³-hybridized carbons (Fsp3) is 0.143. The van der Waals surface area contributed by atoms with Gasteiger partial charge < -0.3 is 14.5 Å². The molecule has 0 bridgehead atoms. The van der Waals surface area contributed by atoms with E-state index in [-0.39, 0.29) is 12.3 Å². The Hall–Kier alpha value is -2.94. The third kappa shape index (κ3) is 3.84. The highest BCUT2D eigenvalue weighted by Crippen LogP contribution is 2.35. The maximum atomic E-state index is 12.5. The van der Waals surface area contributed by atoms with E-state index in [1.54, 1.807) is 56.5 Å². The number of esters is 1. The topological polar surface area (TPSA) is 75.1 Å². The summed E-state index contributed by atoms with van der Waals surface area (Å²) in [6.07, 6.45) is 1.62. The Balaban J connectivity index is 2.23.